The van der Waals surface area contributed by atoms with E-state index in [1.165, 1.54) is 18.9 Å². The minimum absolute atomic E-state index is 0.0916. The van der Waals surface area contributed by atoms with Gasteiger partial charge in [0.1, 0.15) is 6.04 Å². The molecule has 28 heavy (non-hydrogen) atoms. The van der Waals surface area contributed by atoms with Crippen molar-refractivity contribution in [3.63, 3.8) is 0 Å². The predicted octanol–water partition coefficient (Wildman–Crippen LogP) is 2.46. The Morgan fingerprint density at radius 2 is 1.79 bits per heavy atom. The van der Waals surface area contributed by atoms with E-state index in [9.17, 15) is 9.59 Å². The molecule has 7 nitrogen and oxygen atoms in total. The minimum Gasteiger partial charge on any atom is -0.467 e. The number of esters is 1. The van der Waals surface area contributed by atoms with Crippen LogP contribution < -0.4 is 5.32 Å². The average molecular weight is 396 g/mol. The average Bonchev–Trinajstić information content (AvgIpc) is 3.22. The smallest absolute Gasteiger partial charge is 0.328 e. The zero-order valence-electron chi connectivity index (χ0n) is 15.3. The number of benzene rings is 2. The Bertz CT molecular complexity index is 915. The number of ether oxygens (including phenoxy) is 1. The van der Waals surface area contributed by atoms with Crippen LogP contribution in [0.5, 0.6) is 0 Å². The molecule has 0 spiro atoms. The maximum Gasteiger partial charge on any atom is 0.328 e. The second kappa shape index (κ2) is 9.70. The first-order chi connectivity index (χ1) is 13.7. The SMILES string of the molecule is COC(=O)[C@@H](Cc1ccccc1)NC(=O)CSc1n[nH]c(-c2ccccc2)n1. The molecule has 0 saturated carbocycles. The highest BCUT2D eigenvalue weighted by Gasteiger charge is 2.22. The lowest BCUT2D eigenvalue weighted by atomic mass is 10.1. The second-order valence-corrected chi connectivity index (χ2v) is 6.90. The lowest BCUT2D eigenvalue weighted by Gasteiger charge is -2.16. The molecule has 2 N–H and O–H groups in total. The number of nitrogens with one attached hydrogen (secondary N) is 2. The molecule has 2 aromatic carbocycles. The molecule has 0 aliphatic carbocycles. The summed E-state index contributed by atoms with van der Waals surface area (Å²) in [6.07, 6.45) is 0.364. The van der Waals surface area contributed by atoms with E-state index in [-0.39, 0.29) is 11.7 Å². The van der Waals surface area contributed by atoms with Crippen LogP contribution in [0.3, 0.4) is 0 Å². The molecule has 0 unspecified atom stereocenters. The number of H-pyrrole nitrogens is 1. The molecule has 144 valence electrons. The Balaban J connectivity index is 1.56. The number of methoxy groups -OCH3 is 1. The van der Waals surface area contributed by atoms with E-state index in [1.54, 1.807) is 0 Å². The summed E-state index contributed by atoms with van der Waals surface area (Å²) in [6, 6.07) is 18.3. The van der Waals surface area contributed by atoms with Gasteiger partial charge in [0.05, 0.1) is 12.9 Å². The maximum absolute atomic E-state index is 12.3. The third-order valence-corrected chi connectivity index (χ3v) is 4.80. The van der Waals surface area contributed by atoms with Crippen LogP contribution in [0, 0.1) is 0 Å². The highest BCUT2D eigenvalue weighted by molar-refractivity contribution is 7.99. The summed E-state index contributed by atoms with van der Waals surface area (Å²) >= 11 is 1.19. The molecule has 0 bridgehead atoms. The Kier molecular flexibility index (Phi) is 6.80. The monoisotopic (exact) mass is 396 g/mol. The van der Waals surface area contributed by atoms with Crippen molar-refractivity contribution in [2.24, 2.45) is 0 Å². The molecule has 0 fully saturated rings. The molecule has 0 aliphatic heterocycles. The number of hydrogen-bond donors (Lipinski definition) is 2. The number of hydrogen-bond acceptors (Lipinski definition) is 6. The van der Waals surface area contributed by atoms with Gasteiger partial charge in [-0.3, -0.25) is 9.89 Å². The standard InChI is InChI=1S/C20H20N4O3S/c1-27-19(26)16(12-14-8-4-2-5-9-14)21-17(25)13-28-20-22-18(23-24-20)15-10-6-3-7-11-15/h2-11,16H,12-13H2,1H3,(H,21,25)(H,22,23,24)/t16-/m1/s1. The largest absolute Gasteiger partial charge is 0.467 e. The molecule has 3 aromatic rings. The molecular weight excluding hydrogens is 376 g/mol. The van der Waals surface area contributed by atoms with E-state index in [4.69, 9.17) is 4.74 Å². The number of carbonyl (C=O) groups excluding carboxylic acids is 2. The Labute approximate surface area is 166 Å². The van der Waals surface area contributed by atoms with Crippen LogP contribution in [0.4, 0.5) is 0 Å². The molecule has 0 aliphatic rings. The van der Waals surface area contributed by atoms with Crippen molar-refractivity contribution in [2.75, 3.05) is 12.9 Å². The summed E-state index contributed by atoms with van der Waals surface area (Å²) in [5.74, 6) is -0.0390. The van der Waals surface area contributed by atoms with Gasteiger partial charge >= 0.3 is 5.97 Å². The quantitative estimate of drug-likeness (QED) is 0.448. The third kappa shape index (κ3) is 5.43. The van der Waals surface area contributed by atoms with E-state index in [2.05, 4.69) is 20.5 Å². The molecule has 1 atom stereocenters. The van der Waals surface area contributed by atoms with Crippen LogP contribution in [0.15, 0.2) is 65.8 Å². The number of nitrogens with zero attached hydrogens (tertiary/aromatic N) is 2. The van der Waals surface area contributed by atoms with Gasteiger partial charge in [-0.2, -0.15) is 0 Å². The van der Waals surface area contributed by atoms with Gasteiger partial charge in [0.2, 0.25) is 11.1 Å². The number of carbonyl (C=O) groups is 2. The van der Waals surface area contributed by atoms with E-state index in [0.717, 1.165) is 11.1 Å². The van der Waals surface area contributed by atoms with Crippen molar-refractivity contribution in [3.05, 3.63) is 66.2 Å². The summed E-state index contributed by atoms with van der Waals surface area (Å²) in [7, 11) is 1.31. The van der Waals surface area contributed by atoms with Gasteiger partial charge in [-0.1, -0.05) is 72.4 Å². The molecule has 0 radical (unpaired) electrons. The van der Waals surface area contributed by atoms with E-state index >= 15 is 0 Å². The van der Waals surface area contributed by atoms with Gasteiger partial charge in [-0.05, 0) is 5.56 Å². The number of aromatic amines is 1. The zero-order valence-corrected chi connectivity index (χ0v) is 16.1. The van der Waals surface area contributed by atoms with Gasteiger partial charge in [0.15, 0.2) is 5.82 Å². The first kappa shape index (κ1) is 19.6. The number of aromatic nitrogens is 3. The second-order valence-electron chi connectivity index (χ2n) is 5.95. The third-order valence-electron chi connectivity index (χ3n) is 3.95. The van der Waals surface area contributed by atoms with Gasteiger partial charge in [0.25, 0.3) is 0 Å². The molecular formula is C20H20N4O3S. The minimum atomic E-state index is -0.743. The zero-order chi connectivity index (χ0) is 19.8. The summed E-state index contributed by atoms with van der Waals surface area (Å²) in [6.45, 7) is 0. The fraction of sp³-hybridized carbons (Fsp3) is 0.200. The molecule has 1 heterocycles. The van der Waals surface area contributed by atoms with E-state index in [1.807, 2.05) is 60.7 Å². The number of thioether (sulfide) groups is 1. The fourth-order valence-electron chi connectivity index (χ4n) is 2.59. The molecule has 0 saturated heterocycles. The fourth-order valence-corrected chi connectivity index (χ4v) is 3.20. The van der Waals surface area contributed by atoms with E-state index in [0.29, 0.717) is 17.4 Å². The van der Waals surface area contributed by atoms with Crippen molar-refractivity contribution in [1.82, 2.24) is 20.5 Å². The summed E-state index contributed by atoms with van der Waals surface area (Å²) in [5.41, 5.74) is 1.85. The normalized spacial score (nSPS) is 11.6. The van der Waals surface area contributed by atoms with Crippen LogP contribution in [0.2, 0.25) is 0 Å². The first-order valence-electron chi connectivity index (χ1n) is 8.67. The van der Waals surface area contributed by atoms with Gasteiger partial charge < -0.3 is 10.1 Å². The van der Waals surface area contributed by atoms with Crippen LogP contribution in [-0.2, 0) is 20.7 Å². The van der Waals surface area contributed by atoms with Crippen molar-refractivity contribution in [2.45, 2.75) is 17.6 Å². The van der Waals surface area contributed by atoms with Crippen LogP contribution in [0.1, 0.15) is 5.56 Å². The van der Waals surface area contributed by atoms with Gasteiger partial charge in [-0.15, -0.1) is 5.10 Å². The number of amides is 1. The van der Waals surface area contributed by atoms with Gasteiger partial charge in [-0.25, -0.2) is 9.78 Å². The van der Waals surface area contributed by atoms with E-state index < -0.39 is 12.0 Å². The molecule has 8 heteroatoms. The van der Waals surface area contributed by atoms with Crippen molar-refractivity contribution in [1.29, 1.82) is 0 Å². The molecule has 1 aromatic heterocycles. The summed E-state index contributed by atoms with van der Waals surface area (Å²) in [5, 5.41) is 10.2. The van der Waals surface area contributed by atoms with Crippen molar-refractivity contribution in [3.8, 4) is 11.4 Å². The van der Waals surface area contributed by atoms with Crippen molar-refractivity contribution < 1.29 is 14.3 Å². The first-order valence-corrected chi connectivity index (χ1v) is 9.66. The van der Waals surface area contributed by atoms with Crippen LogP contribution in [-0.4, -0.2) is 46.0 Å². The van der Waals surface area contributed by atoms with Crippen molar-refractivity contribution >= 4 is 23.6 Å². The lowest BCUT2D eigenvalue weighted by Crippen LogP contribution is -2.43. The highest BCUT2D eigenvalue weighted by atomic mass is 32.2. The van der Waals surface area contributed by atoms with Gasteiger partial charge in [0, 0.05) is 12.0 Å². The Morgan fingerprint density at radius 3 is 2.46 bits per heavy atom. The summed E-state index contributed by atoms with van der Waals surface area (Å²) < 4.78 is 4.81. The maximum atomic E-state index is 12.3. The van der Waals surface area contributed by atoms with Crippen LogP contribution in [0.25, 0.3) is 11.4 Å². The molecule has 3 rings (SSSR count). The Morgan fingerprint density at radius 1 is 1.11 bits per heavy atom. The summed E-state index contributed by atoms with van der Waals surface area (Å²) in [4.78, 5) is 28.7. The predicted molar refractivity (Wildman–Crippen MR) is 107 cm³/mol. The van der Waals surface area contributed by atoms with Crippen LogP contribution >= 0.6 is 11.8 Å². The topological polar surface area (TPSA) is 97.0 Å². The number of rotatable bonds is 8. The highest BCUT2D eigenvalue weighted by Crippen LogP contribution is 2.18. The Hall–Kier alpha value is -3.13. The molecule has 1 amide bonds. The lowest BCUT2D eigenvalue weighted by molar-refractivity contribution is -0.144.